The van der Waals surface area contributed by atoms with Crippen molar-refractivity contribution in [2.45, 2.75) is 78.1 Å². The van der Waals surface area contributed by atoms with Gasteiger partial charge in [0.1, 0.15) is 11.5 Å². The fourth-order valence-corrected chi connectivity index (χ4v) is 4.35. The lowest BCUT2D eigenvalue weighted by molar-refractivity contribution is 0.0734. The topological polar surface area (TPSA) is 48.4 Å². The largest absolute Gasteiger partial charge is 0.494 e. The molecule has 0 radical (unpaired) electrons. The molecule has 1 fully saturated rings. The van der Waals surface area contributed by atoms with Gasteiger partial charge in [-0.15, -0.1) is 0 Å². The molecular formula is C27H37NO3. The van der Waals surface area contributed by atoms with Crippen LogP contribution in [0.2, 0.25) is 0 Å². The Morgan fingerprint density at radius 2 is 1.58 bits per heavy atom. The van der Waals surface area contributed by atoms with Crippen molar-refractivity contribution in [1.82, 2.24) is 4.98 Å². The quantitative estimate of drug-likeness (QED) is 0.364. The minimum atomic E-state index is -0.378. The number of carbonyl (C=O) groups is 1. The number of carbonyl (C=O) groups excluding carboxylic acids is 1. The molecule has 2 aromatic rings. The number of ether oxygens (including phenoxy) is 2. The molecule has 0 amide bonds. The van der Waals surface area contributed by atoms with E-state index in [1.54, 1.807) is 30.5 Å². The molecule has 31 heavy (non-hydrogen) atoms. The van der Waals surface area contributed by atoms with E-state index in [1.165, 1.54) is 51.4 Å². The molecule has 4 nitrogen and oxygen atoms in total. The Morgan fingerprint density at radius 1 is 0.903 bits per heavy atom. The van der Waals surface area contributed by atoms with E-state index in [0.29, 0.717) is 17.9 Å². The van der Waals surface area contributed by atoms with Crippen molar-refractivity contribution in [2.75, 3.05) is 6.61 Å². The molecule has 1 aromatic heterocycles. The summed E-state index contributed by atoms with van der Waals surface area (Å²) in [6.45, 7) is 5.01. The highest BCUT2D eigenvalue weighted by Gasteiger charge is 2.20. The minimum Gasteiger partial charge on any atom is -0.494 e. The number of unbranched alkanes of at least 4 members (excludes halogenated alkanes) is 1. The summed E-state index contributed by atoms with van der Waals surface area (Å²) in [6.07, 6.45) is 14.5. The zero-order valence-corrected chi connectivity index (χ0v) is 19.1. The molecule has 0 atom stereocenters. The van der Waals surface area contributed by atoms with Gasteiger partial charge in [0.05, 0.1) is 18.4 Å². The highest BCUT2D eigenvalue weighted by molar-refractivity contribution is 5.91. The molecule has 1 aliphatic carbocycles. The number of hydrogen-bond acceptors (Lipinski definition) is 4. The Hall–Kier alpha value is -2.36. The fourth-order valence-electron chi connectivity index (χ4n) is 4.35. The van der Waals surface area contributed by atoms with Crippen molar-refractivity contribution in [3.8, 4) is 11.5 Å². The Bertz CT molecular complexity index is 777. The Kier molecular flexibility index (Phi) is 9.39. The second kappa shape index (κ2) is 12.5. The zero-order chi connectivity index (χ0) is 21.9. The molecule has 0 saturated heterocycles. The molecule has 0 unspecified atom stereocenters. The summed E-state index contributed by atoms with van der Waals surface area (Å²) in [4.78, 5) is 16.9. The number of rotatable bonds is 11. The van der Waals surface area contributed by atoms with Crippen LogP contribution in [0.25, 0.3) is 0 Å². The molecular weight excluding hydrogens is 386 g/mol. The van der Waals surface area contributed by atoms with Gasteiger partial charge >= 0.3 is 5.97 Å². The predicted molar refractivity (Wildman–Crippen MR) is 125 cm³/mol. The van der Waals surface area contributed by atoms with E-state index in [1.807, 2.05) is 12.1 Å². The third kappa shape index (κ3) is 7.68. The maximum atomic E-state index is 12.4. The van der Waals surface area contributed by atoms with Crippen LogP contribution in [0.5, 0.6) is 11.5 Å². The number of nitrogens with zero attached hydrogens (tertiary/aromatic N) is 1. The van der Waals surface area contributed by atoms with Gasteiger partial charge in [0.25, 0.3) is 0 Å². The Morgan fingerprint density at radius 3 is 2.19 bits per heavy atom. The number of esters is 1. The number of aryl methyl sites for hydroxylation is 1. The van der Waals surface area contributed by atoms with E-state index < -0.39 is 0 Å². The summed E-state index contributed by atoms with van der Waals surface area (Å²) in [7, 11) is 0. The highest BCUT2D eigenvalue weighted by Crippen LogP contribution is 2.34. The first-order chi connectivity index (χ1) is 15.2. The van der Waals surface area contributed by atoms with Gasteiger partial charge in [-0.25, -0.2) is 4.79 Å². The van der Waals surface area contributed by atoms with E-state index in [4.69, 9.17) is 9.47 Å². The summed E-state index contributed by atoms with van der Waals surface area (Å²) in [6, 6.07) is 10.9. The van der Waals surface area contributed by atoms with Gasteiger partial charge < -0.3 is 9.47 Å². The molecule has 3 rings (SSSR count). The average Bonchev–Trinajstić information content (AvgIpc) is 2.82. The average molecular weight is 424 g/mol. The molecule has 0 aliphatic heterocycles. The summed E-state index contributed by atoms with van der Waals surface area (Å²) in [5.74, 6) is 2.66. The molecule has 4 heteroatoms. The SMILES string of the molecule is CCCCC1CCC(CCc2ccc(OC(=O)c3ccc(OCCC)cc3)cn2)CC1. The van der Waals surface area contributed by atoms with Crippen molar-refractivity contribution in [3.63, 3.8) is 0 Å². The molecule has 1 aromatic carbocycles. The third-order valence-corrected chi connectivity index (χ3v) is 6.31. The van der Waals surface area contributed by atoms with Crippen LogP contribution in [0.15, 0.2) is 42.6 Å². The Balaban J connectivity index is 1.41. The standard InChI is InChI=1S/C27H37NO3/c1-3-5-6-21-7-9-22(10-8-21)11-14-24-15-18-26(20-28-24)31-27(29)23-12-16-25(17-13-23)30-19-4-2/h12-13,15-18,20-22H,3-11,14,19H2,1-2H3. The molecule has 0 N–H and O–H groups in total. The summed E-state index contributed by atoms with van der Waals surface area (Å²) in [5, 5.41) is 0. The smallest absolute Gasteiger partial charge is 0.343 e. The summed E-state index contributed by atoms with van der Waals surface area (Å²) in [5.41, 5.74) is 1.58. The molecule has 0 spiro atoms. The van der Waals surface area contributed by atoms with E-state index >= 15 is 0 Å². The van der Waals surface area contributed by atoms with Gasteiger partial charge in [-0.05, 0) is 67.5 Å². The summed E-state index contributed by atoms with van der Waals surface area (Å²) < 4.78 is 11.0. The number of pyridine rings is 1. The lowest BCUT2D eigenvalue weighted by atomic mass is 9.78. The maximum absolute atomic E-state index is 12.4. The van der Waals surface area contributed by atoms with Crippen LogP contribution in [0.4, 0.5) is 0 Å². The minimum absolute atomic E-state index is 0.378. The van der Waals surface area contributed by atoms with E-state index in [2.05, 4.69) is 18.8 Å². The monoisotopic (exact) mass is 423 g/mol. The number of aromatic nitrogens is 1. The number of hydrogen-bond donors (Lipinski definition) is 0. The van der Waals surface area contributed by atoms with Crippen LogP contribution in [-0.2, 0) is 6.42 Å². The number of benzene rings is 1. The van der Waals surface area contributed by atoms with Crippen LogP contribution in [0, 0.1) is 11.8 Å². The van der Waals surface area contributed by atoms with E-state index in [0.717, 1.165) is 36.1 Å². The van der Waals surface area contributed by atoms with Gasteiger partial charge in [-0.3, -0.25) is 4.98 Å². The van der Waals surface area contributed by atoms with Gasteiger partial charge in [-0.2, -0.15) is 0 Å². The van der Waals surface area contributed by atoms with Crippen LogP contribution in [0.3, 0.4) is 0 Å². The molecule has 168 valence electrons. The van der Waals surface area contributed by atoms with Crippen LogP contribution in [-0.4, -0.2) is 17.6 Å². The van der Waals surface area contributed by atoms with Crippen molar-refractivity contribution >= 4 is 5.97 Å². The van der Waals surface area contributed by atoms with E-state index in [-0.39, 0.29) is 5.97 Å². The lowest BCUT2D eigenvalue weighted by Gasteiger charge is -2.28. The van der Waals surface area contributed by atoms with Gasteiger partial charge in [-0.1, -0.05) is 58.8 Å². The van der Waals surface area contributed by atoms with E-state index in [9.17, 15) is 4.79 Å². The van der Waals surface area contributed by atoms with Crippen molar-refractivity contribution in [2.24, 2.45) is 11.8 Å². The lowest BCUT2D eigenvalue weighted by Crippen LogP contribution is -2.15. The summed E-state index contributed by atoms with van der Waals surface area (Å²) >= 11 is 0. The molecule has 1 aliphatic rings. The second-order valence-corrected chi connectivity index (χ2v) is 8.82. The van der Waals surface area contributed by atoms with Crippen LogP contribution < -0.4 is 9.47 Å². The molecule has 1 heterocycles. The first-order valence-corrected chi connectivity index (χ1v) is 12.1. The maximum Gasteiger partial charge on any atom is 0.343 e. The third-order valence-electron chi connectivity index (χ3n) is 6.31. The van der Waals surface area contributed by atoms with Crippen LogP contribution >= 0.6 is 0 Å². The second-order valence-electron chi connectivity index (χ2n) is 8.82. The van der Waals surface area contributed by atoms with Gasteiger partial charge in [0.15, 0.2) is 0 Å². The highest BCUT2D eigenvalue weighted by atomic mass is 16.5. The van der Waals surface area contributed by atoms with Crippen LogP contribution in [0.1, 0.15) is 87.7 Å². The first kappa shape index (κ1) is 23.3. The van der Waals surface area contributed by atoms with Crippen molar-refractivity contribution in [3.05, 3.63) is 53.9 Å². The predicted octanol–water partition coefficient (Wildman–Crippen LogP) is 7.02. The zero-order valence-electron chi connectivity index (χ0n) is 19.1. The normalized spacial score (nSPS) is 18.5. The van der Waals surface area contributed by atoms with Crippen molar-refractivity contribution < 1.29 is 14.3 Å². The molecule has 0 bridgehead atoms. The Labute approximate surface area is 187 Å². The van der Waals surface area contributed by atoms with Gasteiger partial charge in [0, 0.05) is 5.69 Å². The van der Waals surface area contributed by atoms with Crippen molar-refractivity contribution in [1.29, 1.82) is 0 Å². The molecule has 1 saturated carbocycles. The first-order valence-electron chi connectivity index (χ1n) is 12.1. The van der Waals surface area contributed by atoms with Gasteiger partial charge in [0.2, 0.25) is 0 Å². The fraction of sp³-hybridized carbons (Fsp3) is 0.556.